The van der Waals surface area contributed by atoms with Crippen molar-refractivity contribution in [3.8, 4) is 0 Å². The van der Waals surface area contributed by atoms with Gasteiger partial charge in [0.2, 0.25) is 0 Å². The molecule has 0 unspecified atom stereocenters. The summed E-state index contributed by atoms with van der Waals surface area (Å²) < 4.78 is 26.7. The van der Waals surface area contributed by atoms with Gasteiger partial charge in [-0.3, -0.25) is 9.48 Å². The number of amides is 1. The predicted octanol–water partition coefficient (Wildman–Crippen LogP) is 3.17. The van der Waals surface area contributed by atoms with Crippen molar-refractivity contribution in [1.29, 1.82) is 0 Å². The molecule has 0 saturated heterocycles. The Morgan fingerprint density at radius 2 is 2.19 bits per heavy atom. The minimum atomic E-state index is -2.51. The zero-order chi connectivity index (χ0) is 18.7. The van der Waals surface area contributed by atoms with E-state index in [1.165, 1.54) is 15.8 Å². The summed E-state index contributed by atoms with van der Waals surface area (Å²) in [6.07, 6.45) is 1.57. The average molecular weight is 362 g/mol. The summed E-state index contributed by atoms with van der Waals surface area (Å²) in [5.74, 6) is -0.386. The first kappa shape index (κ1) is 18.5. The number of carbonyl (C=O) groups excluding carboxylic acids is 1. The summed E-state index contributed by atoms with van der Waals surface area (Å²) in [7, 11) is 0. The molecule has 0 saturated carbocycles. The van der Waals surface area contributed by atoms with Crippen molar-refractivity contribution >= 4 is 11.6 Å². The lowest BCUT2D eigenvalue weighted by Crippen LogP contribution is -2.27. The molecule has 0 radical (unpaired) electrons. The average Bonchev–Trinajstić information content (AvgIpc) is 2.97. The molecule has 3 N–H and O–H groups in total. The zero-order valence-electron chi connectivity index (χ0n) is 14.8. The lowest BCUT2D eigenvalue weighted by atomic mass is 9.88. The van der Waals surface area contributed by atoms with Crippen LogP contribution in [0.3, 0.4) is 0 Å². The van der Waals surface area contributed by atoms with Crippen LogP contribution in [0.25, 0.3) is 0 Å². The molecular weight excluding hydrogens is 338 g/mol. The third kappa shape index (κ3) is 4.27. The first-order valence-electron chi connectivity index (χ1n) is 9.00. The van der Waals surface area contributed by atoms with E-state index in [0.717, 1.165) is 25.7 Å². The molecule has 0 aliphatic heterocycles. The number of fused-ring (bicyclic) bond motifs is 1. The number of hydrogen-bond donors (Lipinski definition) is 2. The number of aromatic nitrogens is 2. The van der Waals surface area contributed by atoms with Gasteiger partial charge >= 0.3 is 0 Å². The topological polar surface area (TPSA) is 72.9 Å². The number of carbonyl (C=O) groups is 1. The van der Waals surface area contributed by atoms with E-state index >= 15 is 0 Å². The highest BCUT2D eigenvalue weighted by Crippen LogP contribution is 2.24. The molecule has 7 heteroatoms. The van der Waals surface area contributed by atoms with Gasteiger partial charge in [-0.15, -0.1) is 0 Å². The van der Waals surface area contributed by atoms with Gasteiger partial charge in [0.1, 0.15) is 6.54 Å². The van der Waals surface area contributed by atoms with E-state index in [0.29, 0.717) is 17.8 Å². The summed E-state index contributed by atoms with van der Waals surface area (Å²) in [4.78, 5) is 12.5. The van der Waals surface area contributed by atoms with Crippen LogP contribution in [0.5, 0.6) is 0 Å². The Morgan fingerprint density at radius 3 is 2.92 bits per heavy atom. The monoisotopic (exact) mass is 362 g/mol. The molecule has 1 aromatic heterocycles. The minimum absolute atomic E-state index is 0.161. The normalized spacial score (nSPS) is 16.6. The molecule has 140 valence electrons. The molecule has 1 aliphatic carbocycles. The van der Waals surface area contributed by atoms with E-state index in [-0.39, 0.29) is 17.6 Å². The van der Waals surface area contributed by atoms with Crippen LogP contribution in [0, 0.1) is 0 Å². The van der Waals surface area contributed by atoms with E-state index in [1.54, 1.807) is 6.07 Å². The fraction of sp³-hybridized carbons (Fsp3) is 0.474. The van der Waals surface area contributed by atoms with Crippen LogP contribution in [-0.4, -0.2) is 28.2 Å². The third-order valence-corrected chi connectivity index (χ3v) is 4.64. The first-order chi connectivity index (χ1) is 12.5. The van der Waals surface area contributed by atoms with Crippen LogP contribution in [0.4, 0.5) is 14.5 Å². The molecule has 0 fully saturated rings. The Labute approximate surface area is 151 Å². The first-order valence-corrected chi connectivity index (χ1v) is 9.00. The molecule has 2 aromatic rings. The molecule has 1 atom stereocenters. The quantitative estimate of drug-likeness (QED) is 0.829. The molecule has 5 nitrogen and oxygen atoms in total. The highest BCUT2D eigenvalue weighted by Gasteiger charge is 2.19. The van der Waals surface area contributed by atoms with Crippen LogP contribution < -0.4 is 11.1 Å². The minimum Gasteiger partial charge on any atom is -0.327 e. The number of nitrogens with one attached hydrogen (secondary N) is 1. The summed E-state index contributed by atoms with van der Waals surface area (Å²) >= 11 is 0. The second-order valence-corrected chi connectivity index (χ2v) is 6.78. The van der Waals surface area contributed by atoms with Crippen molar-refractivity contribution in [2.24, 2.45) is 5.73 Å². The van der Waals surface area contributed by atoms with Crippen LogP contribution in [0.15, 0.2) is 24.3 Å². The Kier molecular flexibility index (Phi) is 5.66. The Balaban J connectivity index is 1.75. The highest BCUT2D eigenvalue weighted by atomic mass is 19.3. The summed E-state index contributed by atoms with van der Waals surface area (Å²) in [5.41, 5.74) is 9.89. The van der Waals surface area contributed by atoms with Gasteiger partial charge < -0.3 is 11.1 Å². The van der Waals surface area contributed by atoms with E-state index in [4.69, 9.17) is 5.73 Å². The third-order valence-electron chi connectivity index (χ3n) is 4.64. The second-order valence-electron chi connectivity index (χ2n) is 6.78. The molecule has 1 amide bonds. The number of benzene rings is 1. The van der Waals surface area contributed by atoms with Gasteiger partial charge in [-0.1, -0.05) is 19.4 Å². The lowest BCUT2D eigenvalue weighted by molar-refractivity contribution is 0.101. The smallest absolute Gasteiger partial charge is 0.276 e. The van der Waals surface area contributed by atoms with E-state index in [9.17, 15) is 13.6 Å². The van der Waals surface area contributed by atoms with Crippen LogP contribution >= 0.6 is 0 Å². The van der Waals surface area contributed by atoms with Gasteiger partial charge in [0, 0.05) is 17.4 Å². The molecule has 3 rings (SSSR count). The molecule has 0 spiro atoms. The van der Waals surface area contributed by atoms with Gasteiger partial charge in [0.25, 0.3) is 12.3 Å². The number of nitrogens with two attached hydrogens (primary N) is 1. The van der Waals surface area contributed by atoms with Crippen molar-refractivity contribution < 1.29 is 13.6 Å². The van der Waals surface area contributed by atoms with Gasteiger partial charge in [-0.2, -0.15) is 5.10 Å². The summed E-state index contributed by atoms with van der Waals surface area (Å²) in [5, 5.41) is 6.89. The van der Waals surface area contributed by atoms with Crippen molar-refractivity contribution in [3.05, 3.63) is 46.8 Å². The Morgan fingerprint density at radius 1 is 1.38 bits per heavy atom. The number of alkyl halides is 2. The zero-order valence-corrected chi connectivity index (χ0v) is 14.8. The van der Waals surface area contributed by atoms with E-state index in [2.05, 4.69) is 10.4 Å². The summed E-state index contributed by atoms with van der Waals surface area (Å²) in [6.45, 7) is 1.46. The van der Waals surface area contributed by atoms with Crippen molar-refractivity contribution in [3.63, 3.8) is 0 Å². The highest BCUT2D eigenvalue weighted by molar-refractivity contribution is 6.03. The predicted molar refractivity (Wildman–Crippen MR) is 96.6 cm³/mol. The number of aryl methyl sites for hydroxylation is 2. The maximum Gasteiger partial charge on any atom is 0.276 e. The van der Waals surface area contributed by atoms with E-state index in [1.807, 2.05) is 25.1 Å². The summed E-state index contributed by atoms with van der Waals surface area (Å²) in [6, 6.07) is 7.58. The van der Waals surface area contributed by atoms with Crippen LogP contribution in [-0.2, 0) is 25.8 Å². The maximum atomic E-state index is 12.7. The molecule has 26 heavy (non-hydrogen) atoms. The number of halogens is 2. The van der Waals surface area contributed by atoms with Crippen LogP contribution in [0.1, 0.15) is 47.1 Å². The van der Waals surface area contributed by atoms with Crippen LogP contribution in [0.2, 0.25) is 0 Å². The fourth-order valence-corrected chi connectivity index (χ4v) is 3.37. The maximum absolute atomic E-state index is 12.7. The molecule has 1 aliphatic rings. The number of hydrogen-bond acceptors (Lipinski definition) is 3. The van der Waals surface area contributed by atoms with E-state index < -0.39 is 13.0 Å². The molecule has 0 bridgehead atoms. The van der Waals surface area contributed by atoms with Crippen molar-refractivity contribution in [2.75, 3.05) is 5.32 Å². The Hall–Kier alpha value is -2.28. The largest absolute Gasteiger partial charge is 0.327 e. The van der Waals surface area contributed by atoms with Gasteiger partial charge in [0.05, 0.1) is 0 Å². The standard InChI is InChI=1S/C19H24F2N4O/c1-2-3-16-10-17(24-25(16)11-18(20)21)19(26)23-15-7-5-12-8-14(22)6-4-13(12)9-15/h5,7,9-10,14,18H,2-4,6,8,11,22H2,1H3,(H,23,26)/t14-/m0/s1. The second kappa shape index (κ2) is 7.95. The van der Waals surface area contributed by atoms with Gasteiger partial charge in [-0.25, -0.2) is 8.78 Å². The van der Waals surface area contributed by atoms with Crippen molar-refractivity contribution in [1.82, 2.24) is 9.78 Å². The number of nitrogens with zero attached hydrogens (tertiary/aromatic N) is 2. The lowest BCUT2D eigenvalue weighted by Gasteiger charge is -2.22. The molecule has 1 aromatic carbocycles. The number of anilines is 1. The fourth-order valence-electron chi connectivity index (χ4n) is 3.37. The Bertz CT molecular complexity index is 788. The van der Waals surface area contributed by atoms with Crippen molar-refractivity contribution in [2.45, 2.75) is 58.0 Å². The molecule has 1 heterocycles. The molecular formula is C19H24F2N4O. The number of rotatable bonds is 6. The van der Waals surface area contributed by atoms with Gasteiger partial charge in [-0.05, 0) is 55.0 Å². The van der Waals surface area contributed by atoms with Gasteiger partial charge in [0.15, 0.2) is 5.69 Å². The SMILES string of the molecule is CCCc1cc(C(=O)Nc2ccc3c(c2)CC[C@H](N)C3)nn1CC(F)F.